The number of halogens is 2. The minimum Gasteiger partial charge on any atom is -0.246 e. The lowest BCUT2D eigenvalue weighted by Gasteiger charge is -2.16. The Kier molecular flexibility index (Phi) is 5.27. The first kappa shape index (κ1) is 16.0. The van der Waals surface area contributed by atoms with Gasteiger partial charge in [-0.1, -0.05) is 66.5 Å². The summed E-state index contributed by atoms with van der Waals surface area (Å²) in [5, 5.41) is 5.08. The first-order chi connectivity index (χ1) is 9.41. The molecule has 1 atom stereocenters. The predicted molar refractivity (Wildman–Crippen MR) is 92.5 cm³/mol. The largest absolute Gasteiger partial charge is 0.246 e. The van der Waals surface area contributed by atoms with Crippen LogP contribution in [-0.4, -0.2) is 10.3 Å². The molecule has 0 N–H and O–H groups in total. The Bertz CT molecular complexity index is 574. The zero-order valence-corrected chi connectivity index (χ0v) is 15.1. The second kappa shape index (κ2) is 6.59. The molecule has 0 bridgehead atoms. The molecule has 2 aromatic rings. The molecule has 0 saturated carbocycles. The summed E-state index contributed by atoms with van der Waals surface area (Å²) in [7, 11) is 0. The van der Waals surface area contributed by atoms with Crippen molar-refractivity contribution in [3.63, 3.8) is 0 Å². The van der Waals surface area contributed by atoms with Crippen LogP contribution >= 0.6 is 38.9 Å². The van der Waals surface area contributed by atoms with Gasteiger partial charge in [0.05, 0.1) is 10.7 Å². The van der Waals surface area contributed by atoms with E-state index in [1.165, 1.54) is 16.3 Å². The smallest absolute Gasteiger partial charge is 0.0934 e. The van der Waals surface area contributed by atoms with Gasteiger partial charge in [0.1, 0.15) is 0 Å². The quantitative estimate of drug-likeness (QED) is 0.617. The van der Waals surface area contributed by atoms with Crippen molar-refractivity contribution in [3.05, 3.63) is 50.9 Å². The highest BCUT2D eigenvalue weighted by atomic mass is 79.9. The van der Waals surface area contributed by atoms with Crippen LogP contribution in [0.5, 0.6) is 0 Å². The van der Waals surface area contributed by atoms with Crippen LogP contribution in [0, 0.1) is 0 Å². The van der Waals surface area contributed by atoms with Gasteiger partial charge in [0.25, 0.3) is 0 Å². The molecule has 1 aromatic carbocycles. The van der Waals surface area contributed by atoms with Crippen LogP contribution in [0.4, 0.5) is 0 Å². The first-order valence-corrected chi connectivity index (χ1v) is 9.05. The topological polar surface area (TPSA) is 12.9 Å². The molecule has 2 rings (SSSR count). The van der Waals surface area contributed by atoms with Crippen LogP contribution in [0.25, 0.3) is 0 Å². The van der Waals surface area contributed by atoms with Crippen molar-refractivity contribution in [2.45, 2.75) is 38.5 Å². The molecule has 0 radical (unpaired) electrons. The minimum atomic E-state index is 0.114. The van der Waals surface area contributed by atoms with E-state index in [0.29, 0.717) is 5.92 Å². The summed E-state index contributed by atoms with van der Waals surface area (Å²) >= 11 is 11.7. The molecule has 1 aromatic heterocycles. The molecule has 4 heteroatoms. The van der Waals surface area contributed by atoms with Crippen LogP contribution in [0.15, 0.2) is 29.6 Å². The molecule has 0 aliphatic heterocycles. The molecule has 0 fully saturated rings. The van der Waals surface area contributed by atoms with E-state index in [2.05, 4.69) is 48.1 Å². The Labute approximate surface area is 138 Å². The fourth-order valence-corrected chi connectivity index (χ4v) is 3.98. The van der Waals surface area contributed by atoms with Gasteiger partial charge < -0.3 is 0 Å². The standard InChI is InChI=1S/C16H19BrClNS/c1-16(2,3)14-10-20-15(19-14)8-11(9-17)12-6-4-5-7-13(12)18/h4-7,10-11H,8-9H2,1-3H3. The Balaban J connectivity index is 2.19. The summed E-state index contributed by atoms with van der Waals surface area (Å²) in [6.45, 7) is 6.59. The minimum absolute atomic E-state index is 0.114. The second-order valence-electron chi connectivity index (χ2n) is 5.95. The lowest BCUT2D eigenvalue weighted by atomic mass is 9.93. The Hall–Kier alpha value is -0.380. The van der Waals surface area contributed by atoms with Crippen molar-refractivity contribution in [1.82, 2.24) is 4.98 Å². The molecule has 108 valence electrons. The van der Waals surface area contributed by atoms with Crippen molar-refractivity contribution in [1.29, 1.82) is 0 Å². The molecule has 20 heavy (non-hydrogen) atoms. The normalized spacial score (nSPS) is 13.4. The van der Waals surface area contributed by atoms with Gasteiger partial charge in [-0.25, -0.2) is 4.98 Å². The van der Waals surface area contributed by atoms with E-state index in [1.807, 2.05) is 18.2 Å². The van der Waals surface area contributed by atoms with E-state index in [0.717, 1.165) is 16.8 Å². The highest BCUT2D eigenvalue weighted by molar-refractivity contribution is 9.09. The van der Waals surface area contributed by atoms with Crippen LogP contribution in [0.2, 0.25) is 5.02 Å². The van der Waals surface area contributed by atoms with Crippen molar-refractivity contribution < 1.29 is 0 Å². The summed E-state index contributed by atoms with van der Waals surface area (Å²) in [5.41, 5.74) is 2.48. The Morgan fingerprint density at radius 2 is 2.00 bits per heavy atom. The van der Waals surface area contributed by atoms with E-state index >= 15 is 0 Å². The highest BCUT2D eigenvalue weighted by Crippen LogP contribution is 2.31. The zero-order chi connectivity index (χ0) is 14.8. The highest BCUT2D eigenvalue weighted by Gasteiger charge is 2.20. The van der Waals surface area contributed by atoms with E-state index in [9.17, 15) is 0 Å². The molecule has 1 unspecified atom stereocenters. The molecule has 0 saturated heterocycles. The van der Waals surface area contributed by atoms with E-state index in [1.54, 1.807) is 11.3 Å². The van der Waals surface area contributed by atoms with Gasteiger partial charge in [-0.05, 0) is 11.6 Å². The maximum absolute atomic E-state index is 6.30. The van der Waals surface area contributed by atoms with E-state index in [4.69, 9.17) is 16.6 Å². The summed E-state index contributed by atoms with van der Waals surface area (Å²) in [6.07, 6.45) is 0.926. The van der Waals surface area contributed by atoms with E-state index < -0.39 is 0 Å². The third kappa shape index (κ3) is 3.84. The third-order valence-electron chi connectivity index (χ3n) is 3.27. The lowest BCUT2D eigenvalue weighted by Crippen LogP contribution is -2.12. The molecule has 0 amide bonds. The number of alkyl halides is 1. The number of rotatable bonds is 4. The van der Waals surface area contributed by atoms with Gasteiger partial charge in [-0.3, -0.25) is 0 Å². The maximum atomic E-state index is 6.30. The Morgan fingerprint density at radius 3 is 2.55 bits per heavy atom. The van der Waals surface area contributed by atoms with E-state index in [-0.39, 0.29) is 5.41 Å². The number of nitrogens with zero attached hydrogens (tertiary/aromatic N) is 1. The lowest BCUT2D eigenvalue weighted by molar-refractivity contribution is 0.569. The molecule has 0 aliphatic rings. The maximum Gasteiger partial charge on any atom is 0.0934 e. The summed E-state index contributed by atoms with van der Waals surface area (Å²) in [6, 6.07) is 8.07. The van der Waals surface area contributed by atoms with Crippen molar-refractivity contribution in [3.8, 4) is 0 Å². The SMILES string of the molecule is CC(C)(C)c1csc(CC(CBr)c2ccccc2Cl)n1. The number of thiazole rings is 1. The van der Waals surface area contributed by atoms with Gasteiger partial charge in [0.2, 0.25) is 0 Å². The van der Waals surface area contributed by atoms with Crippen molar-refractivity contribution in [2.24, 2.45) is 0 Å². The number of hydrogen-bond donors (Lipinski definition) is 0. The summed E-state index contributed by atoms with van der Waals surface area (Å²) in [4.78, 5) is 4.78. The van der Waals surface area contributed by atoms with Gasteiger partial charge in [-0.15, -0.1) is 11.3 Å². The van der Waals surface area contributed by atoms with Crippen LogP contribution in [0.3, 0.4) is 0 Å². The third-order valence-corrected chi connectivity index (χ3v) is 5.27. The molecule has 0 spiro atoms. The Morgan fingerprint density at radius 1 is 1.30 bits per heavy atom. The van der Waals surface area contributed by atoms with Gasteiger partial charge in [-0.2, -0.15) is 0 Å². The van der Waals surface area contributed by atoms with Gasteiger partial charge in [0, 0.05) is 33.5 Å². The predicted octanol–water partition coefficient (Wildman–Crippen LogP) is 5.82. The second-order valence-corrected chi connectivity index (χ2v) is 7.95. The van der Waals surface area contributed by atoms with Crippen LogP contribution in [0.1, 0.15) is 43.0 Å². The molecule has 1 heterocycles. The van der Waals surface area contributed by atoms with Gasteiger partial charge in [0.15, 0.2) is 0 Å². The summed E-state index contributed by atoms with van der Waals surface area (Å²) < 4.78 is 0. The average molecular weight is 373 g/mol. The van der Waals surface area contributed by atoms with Crippen LogP contribution in [-0.2, 0) is 11.8 Å². The first-order valence-electron chi connectivity index (χ1n) is 6.67. The number of hydrogen-bond acceptors (Lipinski definition) is 2. The van der Waals surface area contributed by atoms with Gasteiger partial charge >= 0.3 is 0 Å². The average Bonchev–Trinajstić information content (AvgIpc) is 2.85. The van der Waals surface area contributed by atoms with Crippen molar-refractivity contribution in [2.75, 3.05) is 5.33 Å². The fourth-order valence-electron chi connectivity index (χ4n) is 2.01. The molecular weight excluding hydrogens is 354 g/mol. The molecule has 1 nitrogen and oxygen atoms in total. The fraction of sp³-hybridized carbons (Fsp3) is 0.438. The van der Waals surface area contributed by atoms with Crippen LogP contribution < -0.4 is 0 Å². The number of benzene rings is 1. The molecular formula is C16H19BrClNS. The van der Waals surface area contributed by atoms with Crippen molar-refractivity contribution >= 4 is 38.9 Å². The number of aromatic nitrogens is 1. The molecule has 0 aliphatic carbocycles. The summed E-state index contributed by atoms with van der Waals surface area (Å²) in [5.74, 6) is 0.364. The zero-order valence-electron chi connectivity index (χ0n) is 12.0. The monoisotopic (exact) mass is 371 g/mol.